The minimum Gasteiger partial charge on any atom is -0.328 e. The van der Waals surface area contributed by atoms with Gasteiger partial charge in [0.25, 0.3) is 0 Å². The maximum Gasteiger partial charge on any atom is 0.109 e. The Hall–Kier alpha value is -1.31. The highest BCUT2D eigenvalue weighted by molar-refractivity contribution is 5.75. The Bertz CT molecular complexity index is 556. The zero-order valence-corrected chi connectivity index (χ0v) is 15.2. The van der Waals surface area contributed by atoms with Gasteiger partial charge in [-0.05, 0) is 25.0 Å². The fraction of sp³-hybridized carbons (Fsp3) is 0.667. The molecule has 2 rings (SSSR count). The van der Waals surface area contributed by atoms with Gasteiger partial charge in [0.1, 0.15) is 5.82 Å². The Morgan fingerprint density at radius 1 is 0.783 bits per heavy atom. The molecule has 0 amide bonds. The number of aryl methyl sites for hydroxylation is 2. The molecule has 0 aliphatic heterocycles. The molecule has 0 atom stereocenters. The zero-order chi connectivity index (χ0) is 16.3. The second-order valence-corrected chi connectivity index (χ2v) is 6.75. The normalized spacial score (nSPS) is 11.4. The molecule has 23 heavy (non-hydrogen) atoms. The van der Waals surface area contributed by atoms with Gasteiger partial charge in [-0.1, -0.05) is 77.3 Å². The third-order valence-electron chi connectivity index (χ3n) is 4.72. The Kier molecular flexibility index (Phi) is 8.20. The number of unbranched alkanes of at least 4 members (excludes halogenated alkanes) is 8. The van der Waals surface area contributed by atoms with E-state index in [0.29, 0.717) is 0 Å². The maximum absolute atomic E-state index is 4.91. The molecule has 0 saturated heterocycles. The summed E-state index contributed by atoms with van der Waals surface area (Å²) in [4.78, 5) is 4.91. The van der Waals surface area contributed by atoms with E-state index in [-0.39, 0.29) is 0 Å². The van der Waals surface area contributed by atoms with Crippen molar-refractivity contribution in [1.82, 2.24) is 9.55 Å². The molecule has 2 aromatic rings. The van der Waals surface area contributed by atoms with Crippen molar-refractivity contribution >= 4 is 11.0 Å². The Labute approximate surface area is 142 Å². The van der Waals surface area contributed by atoms with Gasteiger partial charge in [-0.3, -0.25) is 0 Å². The predicted molar refractivity (Wildman–Crippen MR) is 101 cm³/mol. The summed E-state index contributed by atoms with van der Waals surface area (Å²) < 4.78 is 2.48. The molecule has 0 fully saturated rings. The van der Waals surface area contributed by atoms with E-state index in [1.54, 1.807) is 0 Å². The van der Waals surface area contributed by atoms with E-state index in [9.17, 15) is 0 Å². The second-order valence-electron chi connectivity index (χ2n) is 6.75. The molecule has 0 bridgehead atoms. The van der Waals surface area contributed by atoms with Crippen LogP contribution < -0.4 is 0 Å². The minimum atomic E-state index is 1.13. The highest BCUT2D eigenvalue weighted by atomic mass is 15.1. The summed E-state index contributed by atoms with van der Waals surface area (Å²) in [6.07, 6.45) is 14.5. The molecule has 2 nitrogen and oxygen atoms in total. The summed E-state index contributed by atoms with van der Waals surface area (Å²) in [7, 11) is 0. The van der Waals surface area contributed by atoms with Crippen molar-refractivity contribution in [3.63, 3.8) is 0 Å². The molecule has 0 aliphatic rings. The minimum absolute atomic E-state index is 1.13. The summed E-state index contributed by atoms with van der Waals surface area (Å²) >= 11 is 0. The van der Waals surface area contributed by atoms with Gasteiger partial charge in [0.15, 0.2) is 0 Å². The van der Waals surface area contributed by atoms with Crippen LogP contribution in [0.3, 0.4) is 0 Å². The average molecular weight is 315 g/mol. The molecular weight excluding hydrogens is 280 g/mol. The van der Waals surface area contributed by atoms with Crippen LogP contribution in [-0.2, 0) is 13.0 Å². The van der Waals surface area contributed by atoms with Crippen molar-refractivity contribution in [3.8, 4) is 0 Å². The molecule has 0 radical (unpaired) electrons. The van der Waals surface area contributed by atoms with E-state index in [1.165, 1.54) is 81.1 Å². The lowest BCUT2D eigenvalue weighted by molar-refractivity contribution is 0.556. The molecule has 1 aromatic heterocycles. The highest BCUT2D eigenvalue weighted by Crippen LogP contribution is 2.19. The van der Waals surface area contributed by atoms with Crippen molar-refractivity contribution in [1.29, 1.82) is 0 Å². The van der Waals surface area contributed by atoms with Crippen molar-refractivity contribution in [2.24, 2.45) is 0 Å². The number of nitrogens with zero attached hydrogens (tertiary/aromatic N) is 2. The quantitative estimate of drug-likeness (QED) is 0.408. The van der Waals surface area contributed by atoms with Crippen molar-refractivity contribution in [3.05, 3.63) is 30.1 Å². The van der Waals surface area contributed by atoms with Crippen LogP contribution in [0.2, 0.25) is 0 Å². The van der Waals surface area contributed by atoms with Crippen LogP contribution in [0, 0.1) is 0 Å². The second kappa shape index (κ2) is 10.5. The van der Waals surface area contributed by atoms with Gasteiger partial charge in [-0.2, -0.15) is 0 Å². The van der Waals surface area contributed by atoms with Gasteiger partial charge in [0.05, 0.1) is 11.0 Å². The molecule has 0 spiro atoms. The van der Waals surface area contributed by atoms with Crippen LogP contribution >= 0.6 is 0 Å². The van der Waals surface area contributed by atoms with Crippen LogP contribution in [0.4, 0.5) is 0 Å². The van der Waals surface area contributed by atoms with E-state index in [0.717, 1.165) is 13.0 Å². The number of para-hydroxylation sites is 2. The SMILES string of the molecule is CCCCCCCCc1nc2ccccc2n1CCCCCC. The molecule has 1 heterocycles. The fourth-order valence-electron chi connectivity index (χ4n) is 3.33. The predicted octanol–water partition coefficient (Wildman–Crippen LogP) is 6.52. The summed E-state index contributed by atoms with van der Waals surface area (Å²) in [5, 5.41) is 0. The fourth-order valence-corrected chi connectivity index (χ4v) is 3.33. The van der Waals surface area contributed by atoms with Crippen molar-refractivity contribution in [2.75, 3.05) is 0 Å². The molecular formula is C21H34N2. The molecule has 0 N–H and O–H groups in total. The molecule has 0 saturated carbocycles. The van der Waals surface area contributed by atoms with E-state index >= 15 is 0 Å². The maximum atomic E-state index is 4.91. The monoisotopic (exact) mass is 314 g/mol. The summed E-state index contributed by atoms with van der Waals surface area (Å²) in [5.41, 5.74) is 2.49. The first-order valence-corrected chi connectivity index (χ1v) is 9.81. The van der Waals surface area contributed by atoms with Gasteiger partial charge in [0.2, 0.25) is 0 Å². The van der Waals surface area contributed by atoms with Gasteiger partial charge in [-0.25, -0.2) is 4.98 Å². The largest absolute Gasteiger partial charge is 0.328 e. The smallest absolute Gasteiger partial charge is 0.109 e. The number of hydrogen-bond donors (Lipinski definition) is 0. The van der Waals surface area contributed by atoms with Crippen molar-refractivity contribution in [2.45, 2.75) is 91.0 Å². The number of rotatable bonds is 12. The standard InChI is InChI=1S/C21H34N2/c1-3-5-7-9-10-11-17-21-22-19-15-12-13-16-20(19)23(21)18-14-8-6-4-2/h12-13,15-16H,3-11,14,17-18H2,1-2H3. The van der Waals surface area contributed by atoms with E-state index in [1.807, 2.05) is 0 Å². The lowest BCUT2D eigenvalue weighted by Crippen LogP contribution is -2.04. The van der Waals surface area contributed by atoms with Crippen LogP contribution in [0.1, 0.15) is 83.9 Å². The number of hydrogen-bond acceptors (Lipinski definition) is 1. The van der Waals surface area contributed by atoms with E-state index in [2.05, 4.69) is 42.7 Å². The Morgan fingerprint density at radius 2 is 1.43 bits per heavy atom. The van der Waals surface area contributed by atoms with Gasteiger partial charge < -0.3 is 4.57 Å². The summed E-state index contributed by atoms with van der Waals surface area (Å²) in [6, 6.07) is 8.63. The Morgan fingerprint density at radius 3 is 2.22 bits per heavy atom. The van der Waals surface area contributed by atoms with Crippen LogP contribution in [0.5, 0.6) is 0 Å². The van der Waals surface area contributed by atoms with E-state index < -0.39 is 0 Å². The molecule has 128 valence electrons. The van der Waals surface area contributed by atoms with Crippen LogP contribution in [0.15, 0.2) is 24.3 Å². The summed E-state index contributed by atoms with van der Waals surface area (Å²) in [5.74, 6) is 1.30. The van der Waals surface area contributed by atoms with Gasteiger partial charge in [-0.15, -0.1) is 0 Å². The molecule has 0 aliphatic carbocycles. The lowest BCUT2D eigenvalue weighted by atomic mass is 10.1. The first-order chi connectivity index (χ1) is 11.4. The third kappa shape index (κ3) is 5.67. The summed E-state index contributed by atoms with van der Waals surface area (Å²) in [6.45, 7) is 5.68. The zero-order valence-electron chi connectivity index (χ0n) is 15.2. The van der Waals surface area contributed by atoms with Gasteiger partial charge in [0, 0.05) is 13.0 Å². The number of imidazole rings is 1. The van der Waals surface area contributed by atoms with Crippen LogP contribution in [0.25, 0.3) is 11.0 Å². The number of aromatic nitrogens is 2. The molecule has 0 unspecified atom stereocenters. The first-order valence-electron chi connectivity index (χ1n) is 9.81. The Balaban J connectivity index is 1.93. The topological polar surface area (TPSA) is 17.8 Å². The highest BCUT2D eigenvalue weighted by Gasteiger charge is 2.09. The van der Waals surface area contributed by atoms with Crippen LogP contribution in [-0.4, -0.2) is 9.55 Å². The van der Waals surface area contributed by atoms with E-state index in [4.69, 9.17) is 4.98 Å². The molecule has 1 aromatic carbocycles. The van der Waals surface area contributed by atoms with Gasteiger partial charge >= 0.3 is 0 Å². The molecule has 2 heteroatoms. The average Bonchev–Trinajstić information content (AvgIpc) is 2.92. The number of fused-ring (bicyclic) bond motifs is 1. The lowest BCUT2D eigenvalue weighted by Gasteiger charge is -2.09. The first kappa shape index (κ1) is 18.0. The third-order valence-corrected chi connectivity index (χ3v) is 4.72. The van der Waals surface area contributed by atoms with Crippen molar-refractivity contribution < 1.29 is 0 Å². The number of benzene rings is 1.